The number of hydrogen-bond acceptors (Lipinski definition) is 9. The van der Waals surface area contributed by atoms with Crippen molar-refractivity contribution in [3.05, 3.63) is 60.1 Å². The molecule has 0 aliphatic carbocycles. The highest BCUT2D eigenvalue weighted by atomic mass is 16.7. The molecule has 1 aromatic carbocycles. The zero-order chi connectivity index (χ0) is 28.3. The van der Waals surface area contributed by atoms with Crippen LogP contribution in [0, 0.1) is 11.3 Å². The molecule has 2 aliphatic rings. The summed E-state index contributed by atoms with van der Waals surface area (Å²) in [7, 11) is 0. The number of carbonyl (C=O) groups excluding carboxylic acids is 4. The number of nitrogens with zero attached hydrogens (tertiary/aromatic N) is 2. The van der Waals surface area contributed by atoms with E-state index < -0.39 is 36.2 Å². The van der Waals surface area contributed by atoms with Gasteiger partial charge in [0.05, 0.1) is 41.9 Å². The summed E-state index contributed by atoms with van der Waals surface area (Å²) in [4.78, 5) is 55.4. The fourth-order valence-corrected chi connectivity index (χ4v) is 4.55. The van der Waals surface area contributed by atoms with E-state index in [4.69, 9.17) is 9.47 Å². The lowest BCUT2D eigenvalue weighted by atomic mass is 9.82. The van der Waals surface area contributed by atoms with Crippen LogP contribution in [0.25, 0.3) is 5.57 Å². The number of benzene rings is 1. The van der Waals surface area contributed by atoms with Gasteiger partial charge in [-0.3, -0.25) is 19.4 Å². The van der Waals surface area contributed by atoms with Crippen LogP contribution in [0.3, 0.4) is 0 Å². The maximum atomic E-state index is 13.1. The van der Waals surface area contributed by atoms with Crippen LogP contribution in [0.4, 0.5) is 11.4 Å². The van der Waals surface area contributed by atoms with Crippen molar-refractivity contribution < 1.29 is 33.8 Å². The number of esters is 2. The SMILES string of the molecule is C[C@@H](O)[C@H]1C(=O)N2C(C(=O)OCOC(=O)C(C)(C)C)=C(c3ccc(NCC(=O)Nc4cccnc4)cc3)C[C@H]12. The Labute approximate surface area is 226 Å². The van der Waals surface area contributed by atoms with Crippen molar-refractivity contribution in [2.45, 2.75) is 46.3 Å². The second-order valence-corrected chi connectivity index (χ2v) is 10.5. The first-order valence-electron chi connectivity index (χ1n) is 12.6. The Morgan fingerprint density at radius 1 is 1.13 bits per heavy atom. The van der Waals surface area contributed by atoms with Gasteiger partial charge in [-0.05, 0) is 69.5 Å². The number of aliphatic hydroxyl groups is 1. The summed E-state index contributed by atoms with van der Waals surface area (Å²) in [6.07, 6.45) is 2.65. The lowest BCUT2D eigenvalue weighted by molar-refractivity contribution is -0.175. The van der Waals surface area contributed by atoms with Crippen LogP contribution >= 0.6 is 0 Å². The lowest BCUT2D eigenvalue weighted by Crippen LogP contribution is -2.61. The minimum absolute atomic E-state index is 0.0300. The lowest BCUT2D eigenvalue weighted by Gasteiger charge is -2.44. The summed E-state index contributed by atoms with van der Waals surface area (Å²) in [5, 5.41) is 15.9. The Morgan fingerprint density at radius 3 is 2.46 bits per heavy atom. The number of aliphatic hydroxyl groups excluding tert-OH is 1. The minimum Gasteiger partial charge on any atom is -0.427 e. The van der Waals surface area contributed by atoms with Gasteiger partial charge in [0.2, 0.25) is 18.6 Å². The van der Waals surface area contributed by atoms with Gasteiger partial charge >= 0.3 is 11.9 Å². The molecule has 0 saturated carbocycles. The number of amides is 2. The number of nitrogens with one attached hydrogen (secondary N) is 2. The molecular weight excluding hydrogens is 504 g/mol. The molecule has 2 aliphatic heterocycles. The average Bonchev–Trinajstić information content (AvgIpc) is 3.22. The quantitative estimate of drug-likeness (QED) is 0.250. The standard InChI is InChI=1S/C28H32N4O7/c1-16(33)23-21-12-20(24(32(21)25(23)35)26(36)38-15-39-27(37)28(2,3)4)17-7-9-18(10-8-17)30-14-22(34)31-19-6-5-11-29-13-19/h5-11,13,16,21,23,30,33H,12,14-15H2,1-4H3,(H,31,34)/t16-,21-,23-/m1/s1. The van der Waals surface area contributed by atoms with E-state index in [-0.39, 0.29) is 30.1 Å². The van der Waals surface area contributed by atoms with Crippen molar-refractivity contribution in [1.82, 2.24) is 9.88 Å². The molecule has 1 saturated heterocycles. The van der Waals surface area contributed by atoms with Crippen molar-refractivity contribution in [1.29, 1.82) is 0 Å². The molecule has 2 amide bonds. The molecule has 0 radical (unpaired) electrons. The number of aromatic nitrogens is 1. The zero-order valence-electron chi connectivity index (χ0n) is 22.3. The first kappa shape index (κ1) is 27.8. The molecule has 1 aromatic heterocycles. The summed E-state index contributed by atoms with van der Waals surface area (Å²) < 4.78 is 10.3. The van der Waals surface area contributed by atoms with Gasteiger partial charge in [-0.25, -0.2) is 4.79 Å². The van der Waals surface area contributed by atoms with E-state index in [1.807, 2.05) is 0 Å². The van der Waals surface area contributed by atoms with Crippen LogP contribution in [0.15, 0.2) is 54.5 Å². The topological polar surface area (TPSA) is 147 Å². The predicted octanol–water partition coefficient (Wildman–Crippen LogP) is 2.54. The van der Waals surface area contributed by atoms with E-state index in [0.717, 1.165) is 0 Å². The van der Waals surface area contributed by atoms with Gasteiger partial charge in [-0.1, -0.05) is 12.1 Å². The third-order valence-electron chi connectivity index (χ3n) is 6.55. The van der Waals surface area contributed by atoms with Crippen LogP contribution in [-0.4, -0.2) is 64.2 Å². The summed E-state index contributed by atoms with van der Waals surface area (Å²) in [6.45, 7) is 6.04. The van der Waals surface area contributed by atoms with Crippen molar-refractivity contribution in [2.75, 3.05) is 24.0 Å². The molecule has 3 atom stereocenters. The van der Waals surface area contributed by atoms with E-state index in [1.165, 1.54) is 4.90 Å². The Morgan fingerprint density at radius 2 is 1.85 bits per heavy atom. The van der Waals surface area contributed by atoms with Crippen molar-refractivity contribution >= 4 is 40.7 Å². The molecule has 39 heavy (non-hydrogen) atoms. The van der Waals surface area contributed by atoms with Gasteiger partial charge in [0.25, 0.3) is 0 Å². The predicted molar refractivity (Wildman–Crippen MR) is 142 cm³/mol. The van der Waals surface area contributed by atoms with Gasteiger partial charge < -0.3 is 30.1 Å². The number of ether oxygens (including phenoxy) is 2. The Hall–Kier alpha value is -4.25. The largest absolute Gasteiger partial charge is 0.427 e. The van der Waals surface area contributed by atoms with Gasteiger partial charge in [0.15, 0.2) is 0 Å². The summed E-state index contributed by atoms with van der Waals surface area (Å²) in [5.41, 5.74) is 1.86. The summed E-state index contributed by atoms with van der Waals surface area (Å²) in [5.74, 6) is -2.54. The number of hydrogen-bond donors (Lipinski definition) is 3. The van der Waals surface area contributed by atoms with Crippen LogP contribution in [0.2, 0.25) is 0 Å². The second kappa shape index (κ2) is 11.2. The normalized spacial score (nSPS) is 19.1. The van der Waals surface area contributed by atoms with E-state index in [0.29, 0.717) is 28.9 Å². The molecule has 0 bridgehead atoms. The third-order valence-corrected chi connectivity index (χ3v) is 6.55. The van der Waals surface area contributed by atoms with Crippen LogP contribution in [0.1, 0.15) is 39.7 Å². The number of pyridine rings is 1. The Bertz CT molecular complexity index is 1280. The zero-order valence-corrected chi connectivity index (χ0v) is 22.3. The molecule has 2 aromatic rings. The third kappa shape index (κ3) is 6.09. The molecule has 0 unspecified atom stereocenters. The van der Waals surface area contributed by atoms with Crippen molar-refractivity contribution in [2.24, 2.45) is 11.3 Å². The molecule has 3 heterocycles. The van der Waals surface area contributed by atoms with Crippen LogP contribution in [0.5, 0.6) is 0 Å². The molecule has 206 valence electrons. The maximum Gasteiger partial charge on any atom is 0.358 e. The minimum atomic E-state index is -0.868. The average molecular weight is 537 g/mol. The highest BCUT2D eigenvalue weighted by Crippen LogP contribution is 2.47. The molecule has 0 spiro atoms. The monoisotopic (exact) mass is 536 g/mol. The van der Waals surface area contributed by atoms with E-state index in [2.05, 4.69) is 15.6 Å². The fraction of sp³-hybridized carbons (Fsp3) is 0.393. The fourth-order valence-electron chi connectivity index (χ4n) is 4.55. The van der Waals surface area contributed by atoms with Crippen LogP contribution < -0.4 is 10.6 Å². The number of carbonyl (C=O) groups is 4. The highest BCUT2D eigenvalue weighted by Gasteiger charge is 2.57. The van der Waals surface area contributed by atoms with E-state index >= 15 is 0 Å². The number of anilines is 2. The molecule has 11 nitrogen and oxygen atoms in total. The Kier molecular flexibility index (Phi) is 8.01. The maximum absolute atomic E-state index is 13.1. The molecular formula is C28H32N4O7. The molecule has 3 N–H and O–H groups in total. The highest BCUT2D eigenvalue weighted by molar-refractivity contribution is 6.07. The van der Waals surface area contributed by atoms with Gasteiger partial charge in [-0.2, -0.15) is 0 Å². The van der Waals surface area contributed by atoms with Crippen LogP contribution in [-0.2, 0) is 28.7 Å². The number of rotatable bonds is 9. The second-order valence-electron chi connectivity index (χ2n) is 10.5. The Balaban J connectivity index is 1.46. The van der Waals surface area contributed by atoms with Gasteiger partial charge in [0, 0.05) is 11.9 Å². The first-order chi connectivity index (χ1) is 18.5. The molecule has 1 fully saturated rings. The first-order valence-corrected chi connectivity index (χ1v) is 12.6. The van der Waals surface area contributed by atoms with Gasteiger partial charge in [-0.15, -0.1) is 0 Å². The van der Waals surface area contributed by atoms with Gasteiger partial charge in [0.1, 0.15) is 5.70 Å². The summed E-state index contributed by atoms with van der Waals surface area (Å²) in [6, 6.07) is 10.2. The van der Waals surface area contributed by atoms with E-state index in [9.17, 15) is 24.3 Å². The van der Waals surface area contributed by atoms with Crippen molar-refractivity contribution in [3.63, 3.8) is 0 Å². The number of β-lactam (4-membered cyclic amide) rings is 1. The molecule has 4 rings (SSSR count). The van der Waals surface area contributed by atoms with Crippen molar-refractivity contribution in [3.8, 4) is 0 Å². The smallest absolute Gasteiger partial charge is 0.358 e. The van der Waals surface area contributed by atoms with E-state index in [1.54, 1.807) is 76.5 Å². The summed E-state index contributed by atoms with van der Waals surface area (Å²) >= 11 is 0. The number of fused-ring (bicyclic) bond motifs is 1. The molecule has 11 heteroatoms.